The number of carboxylic acids is 1. The maximum absolute atomic E-state index is 11.4. The number of hydrogen-bond donors (Lipinski definition) is 3. The van der Waals surface area contributed by atoms with Gasteiger partial charge in [-0.25, -0.2) is 0 Å². The van der Waals surface area contributed by atoms with Gasteiger partial charge in [-0.1, -0.05) is 71.1 Å². The third-order valence-corrected chi connectivity index (χ3v) is 4.57. The SMILES string of the molecule is CCCNC(=O)CCCCCCCCCCCCCCC(=O)NCC(=O)O. The summed E-state index contributed by atoms with van der Waals surface area (Å²) in [7, 11) is 0. The molecule has 3 N–H and O–H groups in total. The Hall–Kier alpha value is -1.59. The van der Waals surface area contributed by atoms with Crippen LogP contribution in [0.3, 0.4) is 0 Å². The van der Waals surface area contributed by atoms with Gasteiger partial charge in [0.2, 0.25) is 11.8 Å². The van der Waals surface area contributed by atoms with Crippen molar-refractivity contribution in [3.63, 3.8) is 0 Å². The second kappa shape index (κ2) is 19.2. The van der Waals surface area contributed by atoms with Gasteiger partial charge in [-0.15, -0.1) is 0 Å². The molecule has 6 nitrogen and oxygen atoms in total. The van der Waals surface area contributed by atoms with Crippen LogP contribution in [-0.4, -0.2) is 36.0 Å². The second-order valence-electron chi connectivity index (χ2n) is 7.26. The summed E-state index contributed by atoms with van der Waals surface area (Å²) in [5.41, 5.74) is 0. The number of rotatable bonds is 19. The summed E-state index contributed by atoms with van der Waals surface area (Å²) in [6.45, 7) is 2.57. The fraction of sp³-hybridized carbons (Fsp3) is 0.857. The van der Waals surface area contributed by atoms with E-state index >= 15 is 0 Å². The van der Waals surface area contributed by atoms with Crippen LogP contribution >= 0.6 is 0 Å². The van der Waals surface area contributed by atoms with Crippen LogP contribution in [0.25, 0.3) is 0 Å². The van der Waals surface area contributed by atoms with E-state index in [2.05, 4.69) is 17.6 Å². The molecular weight excluding hydrogens is 344 g/mol. The first-order valence-electron chi connectivity index (χ1n) is 10.8. The van der Waals surface area contributed by atoms with Crippen molar-refractivity contribution in [1.29, 1.82) is 0 Å². The zero-order valence-corrected chi connectivity index (χ0v) is 17.2. The topological polar surface area (TPSA) is 95.5 Å². The maximum atomic E-state index is 11.4. The summed E-state index contributed by atoms with van der Waals surface area (Å²) in [5.74, 6) is -0.977. The minimum absolute atomic E-state index is 0.168. The van der Waals surface area contributed by atoms with E-state index in [-0.39, 0.29) is 18.4 Å². The van der Waals surface area contributed by atoms with Crippen LogP contribution in [-0.2, 0) is 14.4 Å². The van der Waals surface area contributed by atoms with Crippen LogP contribution in [0.2, 0.25) is 0 Å². The summed E-state index contributed by atoms with van der Waals surface area (Å²) < 4.78 is 0. The zero-order chi connectivity index (χ0) is 20.2. The van der Waals surface area contributed by atoms with E-state index in [1.165, 1.54) is 44.9 Å². The summed E-state index contributed by atoms with van der Waals surface area (Å²) in [6.07, 6.45) is 16.1. The van der Waals surface area contributed by atoms with E-state index in [4.69, 9.17) is 5.11 Å². The van der Waals surface area contributed by atoms with Crippen LogP contribution in [0, 0.1) is 0 Å². The van der Waals surface area contributed by atoms with E-state index < -0.39 is 5.97 Å². The number of nitrogens with one attached hydrogen (secondary N) is 2. The predicted octanol–water partition coefficient (Wildman–Crippen LogP) is 4.17. The van der Waals surface area contributed by atoms with Crippen molar-refractivity contribution < 1.29 is 19.5 Å². The molecule has 0 atom stereocenters. The Balaban J connectivity index is 3.18. The van der Waals surface area contributed by atoms with Gasteiger partial charge in [0.25, 0.3) is 0 Å². The van der Waals surface area contributed by atoms with Gasteiger partial charge in [0.05, 0.1) is 0 Å². The van der Waals surface area contributed by atoms with Crippen molar-refractivity contribution in [2.24, 2.45) is 0 Å². The molecule has 0 radical (unpaired) electrons. The van der Waals surface area contributed by atoms with Gasteiger partial charge in [0.1, 0.15) is 6.54 Å². The van der Waals surface area contributed by atoms with Gasteiger partial charge >= 0.3 is 5.97 Å². The molecule has 0 fully saturated rings. The third-order valence-electron chi connectivity index (χ3n) is 4.57. The molecule has 0 unspecified atom stereocenters. The van der Waals surface area contributed by atoms with Crippen molar-refractivity contribution in [2.75, 3.05) is 13.1 Å². The molecule has 0 bridgehead atoms. The Morgan fingerprint density at radius 3 is 1.37 bits per heavy atom. The fourth-order valence-corrected chi connectivity index (χ4v) is 2.95. The molecule has 0 rings (SSSR count). The van der Waals surface area contributed by atoms with E-state index in [9.17, 15) is 14.4 Å². The molecule has 158 valence electrons. The largest absolute Gasteiger partial charge is 0.480 e. The molecule has 0 heterocycles. The van der Waals surface area contributed by atoms with Gasteiger partial charge < -0.3 is 15.7 Å². The lowest BCUT2D eigenvalue weighted by Gasteiger charge is -2.04. The number of amides is 2. The second-order valence-corrected chi connectivity index (χ2v) is 7.26. The van der Waals surface area contributed by atoms with Crippen molar-refractivity contribution >= 4 is 17.8 Å². The monoisotopic (exact) mass is 384 g/mol. The molecule has 0 saturated carbocycles. The number of unbranched alkanes of at least 4 members (excludes halogenated alkanes) is 11. The molecule has 0 aromatic rings. The van der Waals surface area contributed by atoms with Crippen LogP contribution in [0.5, 0.6) is 0 Å². The molecule has 0 saturated heterocycles. The lowest BCUT2D eigenvalue weighted by molar-refractivity contribution is -0.138. The van der Waals surface area contributed by atoms with Gasteiger partial charge in [0.15, 0.2) is 0 Å². The molecule has 27 heavy (non-hydrogen) atoms. The summed E-state index contributed by atoms with van der Waals surface area (Å²) in [5, 5.41) is 13.8. The Bertz CT molecular complexity index is 400. The molecule has 0 aliphatic rings. The minimum atomic E-state index is -1.00. The van der Waals surface area contributed by atoms with Crippen molar-refractivity contribution in [3.05, 3.63) is 0 Å². The predicted molar refractivity (Wildman–Crippen MR) is 109 cm³/mol. The summed E-state index contributed by atoms with van der Waals surface area (Å²) >= 11 is 0. The highest BCUT2D eigenvalue weighted by atomic mass is 16.4. The first kappa shape index (κ1) is 25.4. The van der Waals surface area contributed by atoms with Gasteiger partial charge in [-0.2, -0.15) is 0 Å². The quantitative estimate of drug-likeness (QED) is 0.291. The summed E-state index contributed by atoms with van der Waals surface area (Å²) in [6, 6.07) is 0. The minimum Gasteiger partial charge on any atom is -0.480 e. The highest BCUT2D eigenvalue weighted by molar-refractivity contribution is 5.80. The fourth-order valence-electron chi connectivity index (χ4n) is 2.95. The molecular formula is C21H40N2O4. The Kier molecular flexibility index (Phi) is 18.0. The number of aliphatic carboxylic acids is 1. The Morgan fingerprint density at radius 2 is 1.00 bits per heavy atom. The van der Waals surface area contributed by atoms with E-state index in [1.54, 1.807) is 0 Å². The molecule has 0 spiro atoms. The zero-order valence-electron chi connectivity index (χ0n) is 17.2. The molecule has 0 aromatic carbocycles. The Labute approximate surface area is 164 Å². The van der Waals surface area contributed by atoms with Crippen LogP contribution < -0.4 is 10.6 Å². The summed E-state index contributed by atoms with van der Waals surface area (Å²) in [4.78, 5) is 33.1. The molecule has 2 amide bonds. The van der Waals surface area contributed by atoms with Gasteiger partial charge in [-0.3, -0.25) is 14.4 Å². The van der Waals surface area contributed by atoms with Crippen LogP contribution in [0.15, 0.2) is 0 Å². The first-order valence-corrected chi connectivity index (χ1v) is 10.8. The standard InChI is InChI=1S/C21H40N2O4/c1-2-17-22-19(24)15-13-11-9-7-5-3-4-6-8-10-12-14-16-20(25)23-18-21(26)27/h2-18H2,1H3,(H,22,24)(H,23,25)(H,26,27). The number of carboxylic acid groups (broad SMARTS) is 1. The molecule has 0 aliphatic heterocycles. The normalized spacial score (nSPS) is 10.6. The van der Waals surface area contributed by atoms with Crippen LogP contribution in [0.4, 0.5) is 0 Å². The Morgan fingerprint density at radius 1 is 0.630 bits per heavy atom. The van der Waals surface area contributed by atoms with Gasteiger partial charge in [-0.05, 0) is 19.3 Å². The molecule has 0 aliphatic carbocycles. The van der Waals surface area contributed by atoms with Crippen molar-refractivity contribution in [3.8, 4) is 0 Å². The van der Waals surface area contributed by atoms with E-state index in [0.29, 0.717) is 12.8 Å². The van der Waals surface area contributed by atoms with Gasteiger partial charge in [0, 0.05) is 19.4 Å². The first-order chi connectivity index (χ1) is 13.1. The highest BCUT2D eigenvalue weighted by Crippen LogP contribution is 2.13. The van der Waals surface area contributed by atoms with Crippen molar-refractivity contribution in [1.82, 2.24) is 10.6 Å². The number of carbonyl (C=O) groups excluding carboxylic acids is 2. The maximum Gasteiger partial charge on any atom is 0.322 e. The molecule has 0 aromatic heterocycles. The van der Waals surface area contributed by atoms with E-state index in [0.717, 1.165) is 45.1 Å². The average Bonchev–Trinajstić information content (AvgIpc) is 2.64. The van der Waals surface area contributed by atoms with E-state index in [1.807, 2.05) is 0 Å². The highest BCUT2D eigenvalue weighted by Gasteiger charge is 2.03. The lowest BCUT2D eigenvalue weighted by Crippen LogP contribution is -2.28. The third kappa shape index (κ3) is 20.6. The van der Waals surface area contributed by atoms with Crippen LogP contribution in [0.1, 0.15) is 103 Å². The molecule has 6 heteroatoms. The number of carbonyl (C=O) groups is 3. The average molecular weight is 385 g/mol. The number of hydrogen-bond acceptors (Lipinski definition) is 3. The smallest absolute Gasteiger partial charge is 0.322 e. The lowest BCUT2D eigenvalue weighted by atomic mass is 10.0. The van der Waals surface area contributed by atoms with Crippen molar-refractivity contribution in [2.45, 2.75) is 103 Å².